The van der Waals surface area contributed by atoms with E-state index in [1.165, 1.54) is 10.5 Å². The molecule has 0 aliphatic carbocycles. The molecular weight excluding hydrogens is 506 g/mol. The minimum Gasteiger partial charge on any atom is -0.489 e. The number of ether oxygens (including phenoxy) is 2. The molecular formula is C32H33N3O5. The average Bonchev–Trinajstić information content (AvgIpc) is 3.32. The van der Waals surface area contributed by atoms with Gasteiger partial charge in [0, 0.05) is 37.2 Å². The Labute approximate surface area is 234 Å². The minimum absolute atomic E-state index is 0.194. The lowest BCUT2D eigenvalue weighted by Crippen LogP contribution is -2.54. The van der Waals surface area contributed by atoms with Crippen LogP contribution in [0.4, 0.5) is 0 Å². The number of morpholine rings is 1. The number of piperidine rings is 1. The monoisotopic (exact) mass is 539 g/mol. The zero-order chi connectivity index (χ0) is 27.5. The number of hydrogen-bond acceptors (Lipinski definition) is 6. The highest BCUT2D eigenvalue weighted by Crippen LogP contribution is 2.35. The van der Waals surface area contributed by atoms with Crippen molar-refractivity contribution in [2.75, 3.05) is 26.3 Å². The number of imide groups is 1. The van der Waals surface area contributed by atoms with Gasteiger partial charge in [-0.05, 0) is 35.2 Å². The summed E-state index contributed by atoms with van der Waals surface area (Å²) >= 11 is 0. The average molecular weight is 540 g/mol. The van der Waals surface area contributed by atoms with Crippen LogP contribution >= 0.6 is 0 Å². The second-order valence-electron chi connectivity index (χ2n) is 10.6. The third-order valence-electron chi connectivity index (χ3n) is 7.92. The Morgan fingerprint density at radius 2 is 1.52 bits per heavy atom. The number of hydrogen-bond donors (Lipinski definition) is 0. The minimum atomic E-state index is -0.673. The lowest BCUT2D eigenvalue weighted by atomic mass is 10.0. The van der Waals surface area contributed by atoms with Crippen molar-refractivity contribution < 1.29 is 23.9 Å². The quantitative estimate of drug-likeness (QED) is 0.406. The van der Waals surface area contributed by atoms with Crippen LogP contribution in [0.2, 0.25) is 0 Å². The van der Waals surface area contributed by atoms with Crippen LogP contribution in [-0.2, 0) is 40.6 Å². The van der Waals surface area contributed by atoms with Gasteiger partial charge in [0.05, 0.1) is 26.3 Å². The van der Waals surface area contributed by atoms with Gasteiger partial charge in [0.2, 0.25) is 5.91 Å². The number of likely N-dealkylation sites (tertiary alicyclic amines) is 1. The van der Waals surface area contributed by atoms with Crippen LogP contribution in [0.5, 0.6) is 5.75 Å². The molecule has 2 saturated heterocycles. The molecule has 0 bridgehead atoms. The first kappa shape index (κ1) is 26.2. The first-order valence-corrected chi connectivity index (χ1v) is 13.9. The SMILES string of the molecule is O=C1CCC(N2Cc3c(OCc4ccc(CN5CCOCC5)cc4)cccc3C2=O)C(=O)N1Cc1ccccc1. The summed E-state index contributed by atoms with van der Waals surface area (Å²) in [5.41, 5.74) is 4.52. The molecule has 3 aliphatic heterocycles. The smallest absolute Gasteiger partial charge is 0.255 e. The van der Waals surface area contributed by atoms with E-state index in [2.05, 4.69) is 29.2 Å². The molecule has 3 amide bonds. The molecule has 0 aromatic heterocycles. The molecule has 8 heteroatoms. The Balaban J connectivity index is 1.11. The summed E-state index contributed by atoms with van der Waals surface area (Å²) in [5.74, 6) is -0.0679. The summed E-state index contributed by atoms with van der Waals surface area (Å²) < 4.78 is 11.6. The van der Waals surface area contributed by atoms with E-state index in [0.717, 1.165) is 49.5 Å². The van der Waals surface area contributed by atoms with Gasteiger partial charge in [0.15, 0.2) is 0 Å². The van der Waals surface area contributed by atoms with Crippen molar-refractivity contribution in [2.45, 2.75) is 45.1 Å². The third-order valence-corrected chi connectivity index (χ3v) is 7.92. The van der Waals surface area contributed by atoms with Gasteiger partial charge in [0.25, 0.3) is 11.8 Å². The Kier molecular flexibility index (Phi) is 7.62. The highest BCUT2D eigenvalue weighted by molar-refractivity contribution is 6.05. The molecule has 6 rings (SSSR count). The molecule has 2 fully saturated rings. The van der Waals surface area contributed by atoms with E-state index in [-0.39, 0.29) is 37.2 Å². The van der Waals surface area contributed by atoms with Gasteiger partial charge in [-0.2, -0.15) is 0 Å². The van der Waals surface area contributed by atoms with Gasteiger partial charge >= 0.3 is 0 Å². The molecule has 206 valence electrons. The van der Waals surface area contributed by atoms with Crippen molar-refractivity contribution in [1.29, 1.82) is 0 Å². The second-order valence-corrected chi connectivity index (χ2v) is 10.6. The number of fused-ring (bicyclic) bond motifs is 1. The Bertz CT molecular complexity index is 1390. The lowest BCUT2D eigenvalue weighted by Gasteiger charge is -2.35. The van der Waals surface area contributed by atoms with Gasteiger partial charge < -0.3 is 14.4 Å². The number of amides is 3. The first-order valence-electron chi connectivity index (χ1n) is 13.9. The van der Waals surface area contributed by atoms with Crippen LogP contribution in [-0.4, -0.2) is 64.8 Å². The fourth-order valence-corrected chi connectivity index (χ4v) is 5.68. The molecule has 1 atom stereocenters. The van der Waals surface area contributed by atoms with E-state index in [0.29, 0.717) is 24.3 Å². The van der Waals surface area contributed by atoms with E-state index in [1.54, 1.807) is 11.0 Å². The summed E-state index contributed by atoms with van der Waals surface area (Å²) in [6.45, 7) is 5.25. The topological polar surface area (TPSA) is 79.4 Å². The third kappa shape index (κ3) is 5.50. The summed E-state index contributed by atoms with van der Waals surface area (Å²) in [7, 11) is 0. The van der Waals surface area contributed by atoms with Crippen LogP contribution in [0, 0.1) is 0 Å². The van der Waals surface area contributed by atoms with Gasteiger partial charge in [-0.1, -0.05) is 60.7 Å². The van der Waals surface area contributed by atoms with E-state index in [1.807, 2.05) is 42.5 Å². The zero-order valence-corrected chi connectivity index (χ0v) is 22.5. The van der Waals surface area contributed by atoms with Gasteiger partial charge in [-0.3, -0.25) is 24.2 Å². The summed E-state index contributed by atoms with van der Waals surface area (Å²) in [4.78, 5) is 44.8. The highest BCUT2D eigenvalue weighted by atomic mass is 16.5. The Hall–Kier alpha value is -4.01. The Morgan fingerprint density at radius 1 is 0.800 bits per heavy atom. The molecule has 3 aromatic rings. The van der Waals surface area contributed by atoms with E-state index in [4.69, 9.17) is 9.47 Å². The van der Waals surface area contributed by atoms with Crippen molar-refractivity contribution in [2.24, 2.45) is 0 Å². The molecule has 0 N–H and O–H groups in total. The number of rotatable bonds is 8. The van der Waals surface area contributed by atoms with Crippen LogP contribution in [0.3, 0.4) is 0 Å². The fraction of sp³-hybridized carbons (Fsp3) is 0.344. The largest absolute Gasteiger partial charge is 0.489 e. The number of carbonyl (C=O) groups is 3. The molecule has 3 heterocycles. The fourth-order valence-electron chi connectivity index (χ4n) is 5.68. The number of carbonyl (C=O) groups excluding carboxylic acids is 3. The van der Waals surface area contributed by atoms with E-state index < -0.39 is 6.04 Å². The molecule has 0 saturated carbocycles. The van der Waals surface area contributed by atoms with Crippen molar-refractivity contribution in [3.8, 4) is 5.75 Å². The second kappa shape index (κ2) is 11.6. The summed E-state index contributed by atoms with van der Waals surface area (Å²) in [5, 5.41) is 0. The van der Waals surface area contributed by atoms with Crippen molar-refractivity contribution in [3.63, 3.8) is 0 Å². The maximum atomic E-state index is 13.4. The lowest BCUT2D eigenvalue weighted by molar-refractivity contribution is -0.153. The van der Waals surface area contributed by atoms with Crippen LogP contribution in [0.15, 0.2) is 72.8 Å². The van der Waals surface area contributed by atoms with Gasteiger partial charge in [-0.15, -0.1) is 0 Å². The van der Waals surface area contributed by atoms with Gasteiger partial charge in [0.1, 0.15) is 18.4 Å². The molecule has 8 nitrogen and oxygen atoms in total. The van der Waals surface area contributed by atoms with Crippen LogP contribution in [0.1, 0.15) is 45.5 Å². The van der Waals surface area contributed by atoms with Crippen LogP contribution < -0.4 is 4.74 Å². The maximum Gasteiger partial charge on any atom is 0.255 e. The number of nitrogens with zero attached hydrogens (tertiary/aromatic N) is 3. The first-order chi connectivity index (χ1) is 19.6. The van der Waals surface area contributed by atoms with Crippen molar-refractivity contribution in [1.82, 2.24) is 14.7 Å². The number of benzene rings is 3. The van der Waals surface area contributed by atoms with Crippen molar-refractivity contribution >= 4 is 17.7 Å². The molecule has 1 unspecified atom stereocenters. The van der Waals surface area contributed by atoms with Crippen LogP contribution in [0.25, 0.3) is 0 Å². The molecule has 40 heavy (non-hydrogen) atoms. The predicted molar refractivity (Wildman–Crippen MR) is 148 cm³/mol. The summed E-state index contributed by atoms with van der Waals surface area (Å²) in [6, 6.07) is 22.7. The van der Waals surface area contributed by atoms with E-state index >= 15 is 0 Å². The highest BCUT2D eigenvalue weighted by Gasteiger charge is 2.43. The summed E-state index contributed by atoms with van der Waals surface area (Å²) in [6.07, 6.45) is 0.559. The van der Waals surface area contributed by atoms with Crippen molar-refractivity contribution in [3.05, 3.63) is 101 Å². The normalized spacial score (nSPS) is 19.7. The molecule has 3 aliphatic rings. The zero-order valence-electron chi connectivity index (χ0n) is 22.5. The molecule has 0 radical (unpaired) electrons. The Morgan fingerprint density at radius 3 is 2.30 bits per heavy atom. The van der Waals surface area contributed by atoms with Gasteiger partial charge in [-0.25, -0.2) is 0 Å². The van der Waals surface area contributed by atoms with E-state index in [9.17, 15) is 14.4 Å². The predicted octanol–water partition coefficient (Wildman–Crippen LogP) is 3.77. The maximum absolute atomic E-state index is 13.4. The molecule has 0 spiro atoms. The molecule has 3 aromatic carbocycles. The standard InChI is InChI=1S/C32H33N3O5/c36-30-14-13-28(32(38)35(30)20-23-5-2-1-3-6-23)34-21-27-26(31(34)37)7-4-8-29(27)40-22-25-11-9-24(10-12-25)19-33-15-17-39-18-16-33/h1-12,28H,13-22H2.